The standard InChI is InChI=1S/C27H21FN4O3/c1-2-25(33)32-23-10-3-6-17-12-13-18(14-21(17)23)22-9-5-11-24(31-22)27(35)29-16-26(34)30-20-8-4-7-19(28)15-20/h2-15H,1,16H2,(H,29,35)(H,30,34)(H,32,33). The van der Waals surface area contributed by atoms with Crippen molar-refractivity contribution in [2.75, 3.05) is 17.2 Å². The summed E-state index contributed by atoms with van der Waals surface area (Å²) in [5.41, 5.74) is 2.36. The highest BCUT2D eigenvalue weighted by molar-refractivity contribution is 6.06. The highest BCUT2D eigenvalue weighted by Crippen LogP contribution is 2.28. The third-order valence-corrected chi connectivity index (χ3v) is 5.12. The van der Waals surface area contributed by atoms with Crippen molar-refractivity contribution in [2.24, 2.45) is 0 Å². The molecule has 3 aromatic carbocycles. The number of carbonyl (C=O) groups excluding carboxylic acids is 3. The van der Waals surface area contributed by atoms with Gasteiger partial charge in [-0.2, -0.15) is 0 Å². The van der Waals surface area contributed by atoms with Crippen LogP contribution in [0.2, 0.25) is 0 Å². The number of halogens is 1. The van der Waals surface area contributed by atoms with E-state index >= 15 is 0 Å². The van der Waals surface area contributed by atoms with Crippen LogP contribution >= 0.6 is 0 Å². The number of nitrogens with one attached hydrogen (secondary N) is 3. The van der Waals surface area contributed by atoms with Crippen molar-refractivity contribution in [3.05, 3.63) is 103 Å². The molecule has 3 amide bonds. The Bertz CT molecular complexity index is 1450. The van der Waals surface area contributed by atoms with Crippen molar-refractivity contribution in [3.63, 3.8) is 0 Å². The van der Waals surface area contributed by atoms with E-state index in [9.17, 15) is 18.8 Å². The molecule has 1 heterocycles. The summed E-state index contributed by atoms with van der Waals surface area (Å²) in [4.78, 5) is 40.9. The molecule has 0 spiro atoms. The molecule has 0 unspecified atom stereocenters. The lowest BCUT2D eigenvalue weighted by molar-refractivity contribution is -0.115. The van der Waals surface area contributed by atoms with Crippen LogP contribution in [-0.2, 0) is 9.59 Å². The van der Waals surface area contributed by atoms with Crippen LogP contribution in [0.3, 0.4) is 0 Å². The van der Waals surface area contributed by atoms with Gasteiger partial charge in [-0.3, -0.25) is 14.4 Å². The van der Waals surface area contributed by atoms with E-state index in [-0.39, 0.29) is 18.1 Å². The maximum absolute atomic E-state index is 13.3. The molecule has 0 aliphatic carbocycles. The summed E-state index contributed by atoms with van der Waals surface area (Å²) in [5.74, 6) is -1.82. The van der Waals surface area contributed by atoms with Crippen molar-refractivity contribution < 1.29 is 18.8 Å². The quantitative estimate of drug-likeness (QED) is 0.347. The number of aromatic nitrogens is 1. The lowest BCUT2D eigenvalue weighted by Crippen LogP contribution is -2.33. The molecule has 35 heavy (non-hydrogen) atoms. The molecule has 0 radical (unpaired) electrons. The van der Waals surface area contributed by atoms with E-state index in [0.717, 1.165) is 16.3 Å². The lowest BCUT2D eigenvalue weighted by atomic mass is 10.0. The minimum Gasteiger partial charge on any atom is -0.342 e. The van der Waals surface area contributed by atoms with Crippen LogP contribution in [0.15, 0.2) is 91.5 Å². The number of amides is 3. The molecule has 0 fully saturated rings. The fourth-order valence-electron chi connectivity index (χ4n) is 3.47. The molecule has 0 aliphatic rings. The van der Waals surface area contributed by atoms with Crippen LogP contribution in [0.5, 0.6) is 0 Å². The van der Waals surface area contributed by atoms with Crippen LogP contribution in [0.4, 0.5) is 15.8 Å². The number of pyridine rings is 1. The van der Waals surface area contributed by atoms with Gasteiger partial charge < -0.3 is 16.0 Å². The Morgan fingerprint density at radius 2 is 1.71 bits per heavy atom. The van der Waals surface area contributed by atoms with Gasteiger partial charge in [0.25, 0.3) is 5.91 Å². The van der Waals surface area contributed by atoms with Gasteiger partial charge in [-0.15, -0.1) is 0 Å². The number of hydrogen-bond donors (Lipinski definition) is 3. The van der Waals surface area contributed by atoms with E-state index in [2.05, 4.69) is 27.5 Å². The predicted molar refractivity (Wildman–Crippen MR) is 133 cm³/mol. The van der Waals surface area contributed by atoms with E-state index in [4.69, 9.17) is 0 Å². The average molecular weight is 468 g/mol. The number of anilines is 2. The number of benzene rings is 3. The maximum Gasteiger partial charge on any atom is 0.270 e. The third-order valence-electron chi connectivity index (χ3n) is 5.12. The number of carbonyl (C=O) groups is 3. The summed E-state index contributed by atoms with van der Waals surface area (Å²) in [5, 5.41) is 9.56. The van der Waals surface area contributed by atoms with Gasteiger partial charge >= 0.3 is 0 Å². The molecule has 0 saturated heterocycles. The Morgan fingerprint density at radius 3 is 2.51 bits per heavy atom. The van der Waals surface area contributed by atoms with Crippen LogP contribution in [0, 0.1) is 5.82 Å². The zero-order valence-corrected chi connectivity index (χ0v) is 18.5. The monoisotopic (exact) mass is 468 g/mol. The van der Waals surface area contributed by atoms with E-state index in [1.165, 1.54) is 24.3 Å². The fraction of sp³-hybridized carbons (Fsp3) is 0.0370. The van der Waals surface area contributed by atoms with Gasteiger partial charge in [-0.1, -0.05) is 43.0 Å². The number of hydrogen-bond acceptors (Lipinski definition) is 4. The smallest absolute Gasteiger partial charge is 0.270 e. The number of fused-ring (bicyclic) bond motifs is 1. The summed E-state index contributed by atoms with van der Waals surface area (Å²) in [6, 6.07) is 21.7. The maximum atomic E-state index is 13.3. The summed E-state index contributed by atoms with van der Waals surface area (Å²) in [6.45, 7) is 3.18. The molecule has 0 saturated carbocycles. The summed E-state index contributed by atoms with van der Waals surface area (Å²) in [6.07, 6.45) is 1.20. The highest BCUT2D eigenvalue weighted by Gasteiger charge is 2.12. The first-order valence-electron chi connectivity index (χ1n) is 10.7. The van der Waals surface area contributed by atoms with E-state index in [0.29, 0.717) is 17.1 Å². The molecule has 0 aliphatic heterocycles. The van der Waals surface area contributed by atoms with Crippen molar-refractivity contribution in [1.82, 2.24) is 10.3 Å². The highest BCUT2D eigenvalue weighted by atomic mass is 19.1. The number of rotatable bonds is 7. The van der Waals surface area contributed by atoms with Gasteiger partial charge in [0.15, 0.2) is 0 Å². The molecule has 4 rings (SSSR count). The van der Waals surface area contributed by atoms with E-state index in [1.54, 1.807) is 30.3 Å². The normalized spacial score (nSPS) is 10.4. The molecule has 1 aromatic heterocycles. The molecule has 0 bridgehead atoms. The number of nitrogens with zero attached hydrogens (tertiary/aromatic N) is 1. The summed E-state index contributed by atoms with van der Waals surface area (Å²) >= 11 is 0. The lowest BCUT2D eigenvalue weighted by Gasteiger charge is -2.10. The van der Waals surface area contributed by atoms with Crippen LogP contribution < -0.4 is 16.0 Å². The molecule has 174 valence electrons. The minimum absolute atomic E-state index is 0.134. The molecule has 4 aromatic rings. The Labute approximate surface area is 200 Å². The Hall–Kier alpha value is -4.85. The van der Waals surface area contributed by atoms with E-state index < -0.39 is 17.6 Å². The van der Waals surface area contributed by atoms with Crippen molar-refractivity contribution in [3.8, 4) is 11.3 Å². The average Bonchev–Trinajstić information content (AvgIpc) is 2.87. The molecular formula is C27H21FN4O3. The SMILES string of the molecule is C=CC(=O)Nc1cccc2ccc(-c3cccc(C(=O)NCC(=O)Nc4cccc(F)c4)n3)cc12. The fourth-order valence-corrected chi connectivity index (χ4v) is 3.47. The molecule has 8 heteroatoms. The molecular weight excluding hydrogens is 447 g/mol. The predicted octanol–water partition coefficient (Wildman–Crippen LogP) is 4.53. The first-order valence-corrected chi connectivity index (χ1v) is 10.7. The van der Waals surface area contributed by atoms with Gasteiger partial charge in [0, 0.05) is 22.3 Å². The second-order valence-electron chi connectivity index (χ2n) is 7.58. The third kappa shape index (κ3) is 5.75. The van der Waals surface area contributed by atoms with E-state index in [1.807, 2.05) is 30.3 Å². The topological polar surface area (TPSA) is 100 Å². The van der Waals surface area contributed by atoms with Crippen molar-refractivity contribution in [1.29, 1.82) is 0 Å². The molecule has 0 atom stereocenters. The van der Waals surface area contributed by atoms with Crippen molar-refractivity contribution in [2.45, 2.75) is 0 Å². The summed E-state index contributed by atoms with van der Waals surface area (Å²) in [7, 11) is 0. The van der Waals surface area contributed by atoms with Crippen LogP contribution in [0.1, 0.15) is 10.5 Å². The Balaban J connectivity index is 1.49. The van der Waals surface area contributed by atoms with Gasteiger partial charge in [-0.05, 0) is 53.9 Å². The molecule has 3 N–H and O–H groups in total. The largest absolute Gasteiger partial charge is 0.342 e. The minimum atomic E-state index is -0.527. The second-order valence-corrected chi connectivity index (χ2v) is 7.58. The Morgan fingerprint density at radius 1 is 0.914 bits per heavy atom. The van der Waals surface area contributed by atoms with Gasteiger partial charge in [0.1, 0.15) is 11.5 Å². The van der Waals surface area contributed by atoms with Crippen LogP contribution in [0.25, 0.3) is 22.0 Å². The van der Waals surface area contributed by atoms with Gasteiger partial charge in [0.05, 0.1) is 12.2 Å². The second kappa shape index (κ2) is 10.4. The first-order chi connectivity index (χ1) is 16.9. The van der Waals surface area contributed by atoms with Crippen LogP contribution in [-0.4, -0.2) is 29.3 Å². The zero-order valence-electron chi connectivity index (χ0n) is 18.5. The Kier molecular flexibility index (Phi) is 6.92. The first kappa shape index (κ1) is 23.3. The zero-order chi connectivity index (χ0) is 24.8. The van der Waals surface area contributed by atoms with Gasteiger partial charge in [-0.25, -0.2) is 9.37 Å². The molecule has 7 nitrogen and oxygen atoms in total. The van der Waals surface area contributed by atoms with Gasteiger partial charge in [0.2, 0.25) is 11.8 Å². The van der Waals surface area contributed by atoms with Crippen molar-refractivity contribution >= 4 is 39.9 Å². The summed E-state index contributed by atoms with van der Waals surface area (Å²) < 4.78 is 13.3.